The molecule has 0 aromatic heterocycles. The molecule has 0 fully saturated rings. The summed E-state index contributed by atoms with van der Waals surface area (Å²) >= 11 is 0. The fraction of sp³-hybridized carbons (Fsp3) is 0.938. The summed E-state index contributed by atoms with van der Waals surface area (Å²) in [4.78, 5) is 0. The standard InChI is InChI=1S/C16H33/c1-4-7-9-11-13-15-16(6-3)14-12-10-8-5-2/h16H,3-15H2,1-2H3. The number of hydrogen-bond donors (Lipinski definition) is 0. The van der Waals surface area contributed by atoms with Crippen molar-refractivity contribution >= 4 is 0 Å². The maximum atomic E-state index is 4.10. The largest absolute Gasteiger partial charge is 0.0654 e. The van der Waals surface area contributed by atoms with Crippen molar-refractivity contribution in [3.05, 3.63) is 6.92 Å². The van der Waals surface area contributed by atoms with Gasteiger partial charge in [-0.1, -0.05) is 97.8 Å². The molecule has 0 aliphatic rings. The van der Waals surface area contributed by atoms with E-state index in [0.717, 1.165) is 12.3 Å². The van der Waals surface area contributed by atoms with Crippen molar-refractivity contribution in [3.63, 3.8) is 0 Å². The van der Waals surface area contributed by atoms with Crippen LogP contribution in [0.2, 0.25) is 0 Å². The minimum Gasteiger partial charge on any atom is -0.0654 e. The lowest BCUT2D eigenvalue weighted by atomic mass is 9.92. The molecule has 0 heteroatoms. The minimum absolute atomic E-state index is 0.915. The van der Waals surface area contributed by atoms with Crippen LogP contribution < -0.4 is 0 Å². The average Bonchev–Trinajstić information content (AvgIpc) is 2.31. The number of hydrogen-bond acceptors (Lipinski definition) is 0. The van der Waals surface area contributed by atoms with E-state index >= 15 is 0 Å². The van der Waals surface area contributed by atoms with E-state index in [2.05, 4.69) is 20.8 Å². The monoisotopic (exact) mass is 225 g/mol. The minimum atomic E-state index is 0.915. The number of rotatable bonds is 12. The van der Waals surface area contributed by atoms with Crippen LogP contribution in [0.3, 0.4) is 0 Å². The lowest BCUT2D eigenvalue weighted by Crippen LogP contribution is -1.99. The third kappa shape index (κ3) is 10.5. The van der Waals surface area contributed by atoms with E-state index in [-0.39, 0.29) is 0 Å². The molecule has 0 spiro atoms. The highest BCUT2D eigenvalue weighted by Crippen LogP contribution is 2.20. The van der Waals surface area contributed by atoms with Crippen LogP contribution in [0.15, 0.2) is 0 Å². The second-order valence-electron chi connectivity index (χ2n) is 5.21. The van der Waals surface area contributed by atoms with Gasteiger partial charge in [0, 0.05) is 0 Å². The highest BCUT2D eigenvalue weighted by Gasteiger charge is 2.05. The Morgan fingerprint density at radius 1 is 0.688 bits per heavy atom. The van der Waals surface area contributed by atoms with Crippen LogP contribution in [-0.2, 0) is 0 Å². The molecule has 0 N–H and O–H groups in total. The fourth-order valence-corrected chi connectivity index (χ4v) is 2.33. The third-order valence-corrected chi connectivity index (χ3v) is 3.59. The van der Waals surface area contributed by atoms with Gasteiger partial charge < -0.3 is 0 Å². The van der Waals surface area contributed by atoms with E-state index in [1.54, 1.807) is 0 Å². The molecule has 1 unspecified atom stereocenters. The molecule has 0 aromatic carbocycles. The molecule has 0 saturated carbocycles. The van der Waals surface area contributed by atoms with Crippen LogP contribution in [0.25, 0.3) is 0 Å². The molecule has 0 rings (SSSR count). The molecule has 0 bridgehead atoms. The predicted molar refractivity (Wildman–Crippen MR) is 75.6 cm³/mol. The molecular weight excluding hydrogens is 192 g/mol. The van der Waals surface area contributed by atoms with E-state index in [9.17, 15) is 0 Å². The lowest BCUT2D eigenvalue weighted by Gasteiger charge is -2.14. The summed E-state index contributed by atoms with van der Waals surface area (Å²) in [6, 6.07) is 0. The normalized spacial score (nSPS) is 12.9. The first kappa shape index (κ1) is 16.0. The maximum Gasteiger partial charge on any atom is -0.0414 e. The Balaban J connectivity index is 3.29. The molecule has 1 atom stereocenters. The molecule has 97 valence electrons. The van der Waals surface area contributed by atoms with Crippen molar-refractivity contribution in [2.75, 3.05) is 0 Å². The van der Waals surface area contributed by atoms with Gasteiger partial charge in [0.05, 0.1) is 0 Å². The van der Waals surface area contributed by atoms with Crippen molar-refractivity contribution in [3.8, 4) is 0 Å². The Bertz CT molecular complexity index is 117. The van der Waals surface area contributed by atoms with Gasteiger partial charge in [0.2, 0.25) is 0 Å². The summed E-state index contributed by atoms with van der Waals surface area (Å²) in [5, 5.41) is 0. The van der Waals surface area contributed by atoms with Crippen LogP contribution in [0.5, 0.6) is 0 Å². The first-order chi connectivity index (χ1) is 7.85. The van der Waals surface area contributed by atoms with E-state index in [0.29, 0.717) is 0 Å². The Morgan fingerprint density at radius 3 is 1.56 bits per heavy atom. The molecule has 0 nitrogen and oxygen atoms in total. The van der Waals surface area contributed by atoms with Gasteiger partial charge in [-0.25, -0.2) is 0 Å². The molecular formula is C16H33. The average molecular weight is 225 g/mol. The summed E-state index contributed by atoms with van der Waals surface area (Å²) in [5.74, 6) is 0.915. The van der Waals surface area contributed by atoms with Gasteiger partial charge in [-0.15, -0.1) is 0 Å². The van der Waals surface area contributed by atoms with Gasteiger partial charge in [-0.05, 0) is 5.92 Å². The molecule has 16 heavy (non-hydrogen) atoms. The van der Waals surface area contributed by atoms with Gasteiger partial charge in [0.1, 0.15) is 0 Å². The van der Waals surface area contributed by atoms with Crippen LogP contribution in [0, 0.1) is 12.8 Å². The predicted octanol–water partition coefficient (Wildman–Crippen LogP) is 6.16. The zero-order valence-electron chi connectivity index (χ0n) is 11.8. The van der Waals surface area contributed by atoms with Crippen LogP contribution >= 0.6 is 0 Å². The Hall–Kier alpha value is 0. The van der Waals surface area contributed by atoms with Gasteiger partial charge >= 0.3 is 0 Å². The second-order valence-corrected chi connectivity index (χ2v) is 5.21. The third-order valence-electron chi connectivity index (χ3n) is 3.59. The van der Waals surface area contributed by atoms with Crippen molar-refractivity contribution in [1.29, 1.82) is 0 Å². The van der Waals surface area contributed by atoms with Crippen molar-refractivity contribution in [2.24, 2.45) is 5.92 Å². The van der Waals surface area contributed by atoms with Crippen molar-refractivity contribution in [1.82, 2.24) is 0 Å². The number of unbranched alkanes of at least 4 members (excludes halogenated alkanes) is 7. The Kier molecular flexibility index (Phi) is 13.1. The zero-order chi connectivity index (χ0) is 12.1. The van der Waals surface area contributed by atoms with Gasteiger partial charge in [0.25, 0.3) is 0 Å². The SMILES string of the molecule is [CH2]CC(CCCCCC)CCCCCCC. The lowest BCUT2D eigenvalue weighted by molar-refractivity contribution is 0.407. The smallest absolute Gasteiger partial charge is 0.0414 e. The zero-order valence-corrected chi connectivity index (χ0v) is 11.8. The molecule has 0 aromatic rings. The van der Waals surface area contributed by atoms with E-state index in [1.165, 1.54) is 70.6 Å². The van der Waals surface area contributed by atoms with E-state index in [4.69, 9.17) is 0 Å². The van der Waals surface area contributed by atoms with Gasteiger partial charge in [-0.2, -0.15) is 0 Å². The Labute approximate surface area is 104 Å². The molecule has 0 aliphatic carbocycles. The highest BCUT2D eigenvalue weighted by molar-refractivity contribution is 4.61. The quantitative estimate of drug-likeness (QED) is 0.349. The molecule has 0 aliphatic heterocycles. The van der Waals surface area contributed by atoms with E-state index < -0.39 is 0 Å². The molecule has 0 heterocycles. The highest BCUT2D eigenvalue weighted by atomic mass is 14.1. The van der Waals surface area contributed by atoms with Crippen LogP contribution in [-0.4, -0.2) is 0 Å². The summed E-state index contributed by atoms with van der Waals surface area (Å²) in [7, 11) is 0. The molecule has 0 amide bonds. The molecule has 1 radical (unpaired) electrons. The molecule has 0 saturated heterocycles. The van der Waals surface area contributed by atoms with Gasteiger partial charge in [-0.3, -0.25) is 0 Å². The first-order valence-corrected chi connectivity index (χ1v) is 7.64. The summed E-state index contributed by atoms with van der Waals surface area (Å²) in [6.07, 6.45) is 16.7. The van der Waals surface area contributed by atoms with Crippen LogP contribution in [0.4, 0.5) is 0 Å². The van der Waals surface area contributed by atoms with Crippen molar-refractivity contribution < 1.29 is 0 Å². The van der Waals surface area contributed by atoms with Gasteiger partial charge in [0.15, 0.2) is 0 Å². The topological polar surface area (TPSA) is 0 Å². The second kappa shape index (κ2) is 13.1. The van der Waals surface area contributed by atoms with E-state index in [1.807, 2.05) is 0 Å². The summed E-state index contributed by atoms with van der Waals surface area (Å²) in [6.45, 7) is 8.67. The fourth-order valence-electron chi connectivity index (χ4n) is 2.33. The summed E-state index contributed by atoms with van der Waals surface area (Å²) < 4.78 is 0. The van der Waals surface area contributed by atoms with Crippen molar-refractivity contribution in [2.45, 2.75) is 90.9 Å². The first-order valence-electron chi connectivity index (χ1n) is 7.64. The Morgan fingerprint density at radius 2 is 1.12 bits per heavy atom. The summed E-state index contributed by atoms with van der Waals surface area (Å²) in [5.41, 5.74) is 0. The maximum absolute atomic E-state index is 4.10. The van der Waals surface area contributed by atoms with Crippen LogP contribution in [0.1, 0.15) is 90.9 Å².